The second kappa shape index (κ2) is 10.2. The Bertz CT molecular complexity index is 1260. The fraction of sp³-hybridized carbons (Fsp3) is 0.222. The van der Waals surface area contributed by atoms with Gasteiger partial charge in [-0.15, -0.1) is 0 Å². The van der Waals surface area contributed by atoms with E-state index in [0.29, 0.717) is 11.1 Å². The van der Waals surface area contributed by atoms with Gasteiger partial charge in [-0.3, -0.25) is 24.2 Å². The molecular formula is C27H23N3O7. The van der Waals surface area contributed by atoms with E-state index in [-0.39, 0.29) is 25.0 Å². The molecule has 10 heteroatoms. The van der Waals surface area contributed by atoms with Crippen LogP contribution < -0.4 is 5.32 Å². The Labute approximate surface area is 212 Å². The van der Waals surface area contributed by atoms with E-state index < -0.39 is 41.6 Å². The van der Waals surface area contributed by atoms with Crippen LogP contribution in [0.15, 0.2) is 85.2 Å². The first-order chi connectivity index (χ1) is 18.0. The molecule has 0 bridgehead atoms. The zero-order valence-electron chi connectivity index (χ0n) is 19.6. The molecule has 3 aromatic rings. The molecule has 1 aromatic heterocycles. The third-order valence-corrected chi connectivity index (χ3v) is 6.12. The average Bonchev–Trinajstić information content (AvgIpc) is 3.51. The van der Waals surface area contributed by atoms with Gasteiger partial charge in [0, 0.05) is 18.8 Å². The van der Waals surface area contributed by atoms with Crippen molar-refractivity contribution in [1.82, 2.24) is 15.4 Å². The molecule has 0 saturated carbocycles. The molecule has 0 aliphatic carbocycles. The second-order valence-corrected chi connectivity index (χ2v) is 8.56. The summed E-state index contributed by atoms with van der Waals surface area (Å²) in [5.41, 5.74) is -0.485. The lowest BCUT2D eigenvalue weighted by Gasteiger charge is -2.34. The van der Waals surface area contributed by atoms with Crippen LogP contribution in [0, 0.1) is 0 Å². The normalized spacial score (nSPS) is 21.1. The van der Waals surface area contributed by atoms with Crippen LogP contribution in [0.1, 0.15) is 40.4 Å². The summed E-state index contributed by atoms with van der Waals surface area (Å²) in [6, 6.07) is 20.2. The Kier molecular flexibility index (Phi) is 6.65. The molecule has 37 heavy (non-hydrogen) atoms. The predicted octanol–water partition coefficient (Wildman–Crippen LogP) is 2.32. The van der Waals surface area contributed by atoms with Gasteiger partial charge in [0.15, 0.2) is 6.10 Å². The van der Waals surface area contributed by atoms with E-state index in [1.54, 1.807) is 36.4 Å². The topological polar surface area (TPSA) is 124 Å². The number of ether oxygens (including phenoxy) is 2. The molecule has 1 N–H and O–H groups in total. The summed E-state index contributed by atoms with van der Waals surface area (Å²) in [7, 11) is 0. The number of carbonyl (C=O) groups is 4. The van der Waals surface area contributed by atoms with Crippen molar-refractivity contribution >= 4 is 23.8 Å². The summed E-state index contributed by atoms with van der Waals surface area (Å²) < 4.78 is 11.3. The maximum atomic E-state index is 13.7. The molecule has 10 nitrogen and oxygen atoms in total. The molecule has 5 rings (SSSR count). The Morgan fingerprint density at radius 2 is 1.68 bits per heavy atom. The van der Waals surface area contributed by atoms with Gasteiger partial charge >= 0.3 is 17.7 Å². The smallest absolute Gasteiger partial charge is 0.376 e. The Balaban J connectivity index is 1.40. The zero-order valence-corrected chi connectivity index (χ0v) is 19.6. The lowest BCUT2D eigenvalue weighted by atomic mass is 10.0. The number of hydroxylamine groups is 2. The van der Waals surface area contributed by atoms with Crippen LogP contribution >= 0.6 is 0 Å². The highest BCUT2D eigenvalue weighted by Gasteiger charge is 2.60. The van der Waals surface area contributed by atoms with Crippen molar-refractivity contribution in [3.63, 3.8) is 0 Å². The molecule has 2 atom stereocenters. The monoisotopic (exact) mass is 501 g/mol. The highest BCUT2D eigenvalue weighted by Crippen LogP contribution is 2.37. The number of pyridine rings is 1. The molecule has 2 fully saturated rings. The SMILES string of the molecule is O=C1CCC(C(=O)OC(c2ccccc2)c2ccccc2)(N2OCC(NC(=O)c3cccnc3)C2=O)O1. The van der Waals surface area contributed by atoms with Gasteiger partial charge in [0.25, 0.3) is 11.8 Å². The summed E-state index contributed by atoms with van der Waals surface area (Å²) >= 11 is 0. The molecular weight excluding hydrogens is 478 g/mol. The van der Waals surface area contributed by atoms with Crippen molar-refractivity contribution in [2.45, 2.75) is 30.7 Å². The van der Waals surface area contributed by atoms with Gasteiger partial charge < -0.3 is 14.8 Å². The van der Waals surface area contributed by atoms with Crippen LogP contribution in [0.2, 0.25) is 0 Å². The van der Waals surface area contributed by atoms with Crippen LogP contribution in [-0.4, -0.2) is 52.2 Å². The van der Waals surface area contributed by atoms with Crippen molar-refractivity contribution in [1.29, 1.82) is 0 Å². The summed E-state index contributed by atoms with van der Waals surface area (Å²) in [5.74, 6) is -2.90. The lowest BCUT2D eigenvalue weighted by Crippen LogP contribution is -2.57. The predicted molar refractivity (Wildman–Crippen MR) is 127 cm³/mol. The Hall–Kier alpha value is -4.57. The van der Waals surface area contributed by atoms with Gasteiger partial charge in [0.2, 0.25) is 0 Å². The van der Waals surface area contributed by atoms with E-state index in [9.17, 15) is 19.2 Å². The Morgan fingerprint density at radius 1 is 1.00 bits per heavy atom. The van der Waals surface area contributed by atoms with Crippen molar-refractivity contribution in [3.05, 3.63) is 102 Å². The van der Waals surface area contributed by atoms with E-state index in [4.69, 9.17) is 14.3 Å². The second-order valence-electron chi connectivity index (χ2n) is 8.56. The number of hydrogen-bond acceptors (Lipinski definition) is 8. The summed E-state index contributed by atoms with van der Waals surface area (Å²) in [6.07, 6.45) is 1.78. The van der Waals surface area contributed by atoms with Crippen LogP contribution in [0.4, 0.5) is 0 Å². The van der Waals surface area contributed by atoms with Crippen LogP contribution in [0.3, 0.4) is 0 Å². The van der Waals surface area contributed by atoms with Gasteiger partial charge in [-0.1, -0.05) is 60.7 Å². The fourth-order valence-corrected chi connectivity index (χ4v) is 4.26. The van der Waals surface area contributed by atoms with Crippen LogP contribution in [-0.2, 0) is 28.7 Å². The van der Waals surface area contributed by atoms with Gasteiger partial charge in [-0.2, -0.15) is 5.06 Å². The summed E-state index contributed by atoms with van der Waals surface area (Å²) in [5, 5.41) is 3.29. The number of carbonyl (C=O) groups excluding carboxylic acids is 4. The minimum absolute atomic E-state index is 0.115. The molecule has 2 amide bonds. The Morgan fingerprint density at radius 3 is 2.24 bits per heavy atom. The average molecular weight is 501 g/mol. The van der Waals surface area contributed by atoms with E-state index in [0.717, 1.165) is 5.06 Å². The number of nitrogens with one attached hydrogen (secondary N) is 1. The fourth-order valence-electron chi connectivity index (χ4n) is 4.26. The van der Waals surface area contributed by atoms with Crippen LogP contribution in [0.25, 0.3) is 0 Å². The largest absolute Gasteiger partial charge is 0.448 e. The number of rotatable bonds is 7. The number of amides is 2. The number of hydrogen-bond donors (Lipinski definition) is 1. The minimum Gasteiger partial charge on any atom is -0.448 e. The van der Waals surface area contributed by atoms with E-state index >= 15 is 0 Å². The third kappa shape index (κ3) is 4.78. The van der Waals surface area contributed by atoms with Crippen molar-refractivity contribution in [2.75, 3.05) is 6.61 Å². The molecule has 2 aliphatic heterocycles. The highest BCUT2D eigenvalue weighted by atomic mass is 16.8. The first kappa shape index (κ1) is 24.1. The number of aromatic nitrogens is 1. The molecule has 2 aliphatic rings. The van der Waals surface area contributed by atoms with E-state index in [1.165, 1.54) is 12.4 Å². The first-order valence-electron chi connectivity index (χ1n) is 11.7. The van der Waals surface area contributed by atoms with Crippen molar-refractivity contribution in [2.24, 2.45) is 0 Å². The van der Waals surface area contributed by atoms with E-state index in [2.05, 4.69) is 10.3 Å². The number of nitrogens with zero attached hydrogens (tertiary/aromatic N) is 2. The van der Waals surface area contributed by atoms with Crippen LogP contribution in [0.5, 0.6) is 0 Å². The first-order valence-corrected chi connectivity index (χ1v) is 11.7. The quantitative estimate of drug-likeness (QED) is 0.489. The highest BCUT2D eigenvalue weighted by molar-refractivity contribution is 5.99. The zero-order chi connectivity index (χ0) is 25.8. The van der Waals surface area contributed by atoms with Crippen molar-refractivity contribution in [3.8, 4) is 0 Å². The van der Waals surface area contributed by atoms with Gasteiger partial charge in [-0.05, 0) is 23.3 Å². The van der Waals surface area contributed by atoms with E-state index in [1.807, 2.05) is 36.4 Å². The standard InChI is InChI=1S/C27H23N3O7/c31-22-13-14-27(37-22,30-25(33)21(17-35-30)29-24(32)20-12-7-15-28-16-20)26(34)36-23(18-8-3-1-4-9-18)19-10-5-2-6-11-19/h1-12,15-16,21,23H,13-14,17H2,(H,29,32). The number of benzene rings is 2. The molecule has 0 spiro atoms. The van der Waals surface area contributed by atoms with Gasteiger partial charge in [0.1, 0.15) is 12.6 Å². The maximum Gasteiger partial charge on any atom is 0.376 e. The minimum atomic E-state index is -2.12. The van der Waals surface area contributed by atoms with Gasteiger partial charge in [0.05, 0.1) is 12.0 Å². The lowest BCUT2D eigenvalue weighted by molar-refractivity contribution is -0.260. The third-order valence-electron chi connectivity index (χ3n) is 6.12. The van der Waals surface area contributed by atoms with Gasteiger partial charge in [-0.25, -0.2) is 4.79 Å². The molecule has 3 heterocycles. The maximum absolute atomic E-state index is 13.7. The number of cyclic esters (lactones) is 1. The molecule has 2 saturated heterocycles. The summed E-state index contributed by atoms with van der Waals surface area (Å²) in [6.45, 7) is -0.252. The summed E-state index contributed by atoms with van der Waals surface area (Å²) in [4.78, 5) is 61.1. The molecule has 2 unspecified atom stereocenters. The number of esters is 2. The van der Waals surface area contributed by atoms with Crippen molar-refractivity contribution < 1.29 is 33.5 Å². The molecule has 0 radical (unpaired) electrons. The molecule has 2 aromatic carbocycles. The molecule has 188 valence electrons.